The summed E-state index contributed by atoms with van der Waals surface area (Å²) < 4.78 is 16.4. The van der Waals surface area contributed by atoms with Crippen LogP contribution in [-0.4, -0.2) is 8.80 Å². The summed E-state index contributed by atoms with van der Waals surface area (Å²) in [6.07, 6.45) is 5.02. The molecule has 0 atom stereocenters. The lowest BCUT2D eigenvalue weighted by atomic mass is 10.7. The Bertz CT molecular complexity index is 441. The topological polar surface area (TPSA) is 39.4 Å². The highest BCUT2D eigenvalue weighted by Gasteiger charge is 2.28. The van der Waals surface area contributed by atoms with Crippen molar-refractivity contribution in [3.63, 3.8) is 0 Å². The molecular formula is C12H9O3Si. The predicted octanol–water partition coefficient (Wildman–Crippen LogP) is 0.982. The normalized spacial score (nSPS) is 11.1. The molecule has 4 heteroatoms. The van der Waals surface area contributed by atoms with Crippen molar-refractivity contribution >= 4 is 24.9 Å². The molecule has 0 aliphatic rings. The van der Waals surface area contributed by atoms with E-state index in [1.807, 2.05) is 36.4 Å². The first-order chi connectivity index (χ1) is 7.95. The number of furan rings is 3. The lowest BCUT2D eigenvalue weighted by Gasteiger charge is -2.05. The Labute approximate surface area is 93.9 Å². The molecule has 0 N–H and O–H groups in total. The van der Waals surface area contributed by atoms with E-state index in [9.17, 15) is 0 Å². The maximum atomic E-state index is 5.47. The van der Waals surface area contributed by atoms with Crippen molar-refractivity contribution in [3.8, 4) is 0 Å². The summed E-state index contributed by atoms with van der Waals surface area (Å²) >= 11 is 0. The fraction of sp³-hybridized carbons (Fsp3) is 0. The van der Waals surface area contributed by atoms with Gasteiger partial charge in [-0.25, -0.2) is 0 Å². The highest BCUT2D eigenvalue weighted by atomic mass is 28.3. The molecule has 0 saturated carbocycles. The molecule has 3 aromatic heterocycles. The van der Waals surface area contributed by atoms with Gasteiger partial charge in [-0.2, -0.15) is 0 Å². The van der Waals surface area contributed by atoms with Crippen molar-refractivity contribution in [1.82, 2.24) is 0 Å². The van der Waals surface area contributed by atoms with Crippen LogP contribution >= 0.6 is 0 Å². The number of rotatable bonds is 3. The standard InChI is InChI=1S/C12H9O3Si/c1-4-10(13-7-1)16(11-5-2-8-14-11)12-6-3-9-15-12/h1-9H. The van der Waals surface area contributed by atoms with E-state index in [0.29, 0.717) is 0 Å². The Hall–Kier alpha value is -1.94. The van der Waals surface area contributed by atoms with Crippen LogP contribution < -0.4 is 16.2 Å². The monoisotopic (exact) mass is 229 g/mol. The summed E-state index contributed by atoms with van der Waals surface area (Å²) in [5, 5.41) is 2.74. The summed E-state index contributed by atoms with van der Waals surface area (Å²) in [6.45, 7) is 0. The smallest absolute Gasteiger partial charge is 0.293 e. The zero-order valence-electron chi connectivity index (χ0n) is 8.42. The quantitative estimate of drug-likeness (QED) is 0.629. The Morgan fingerprint density at radius 3 is 1.25 bits per heavy atom. The summed E-state index contributed by atoms with van der Waals surface area (Å²) in [6, 6.07) is 11.5. The van der Waals surface area contributed by atoms with E-state index < -0.39 is 8.80 Å². The second-order valence-corrected chi connectivity index (χ2v) is 5.54. The molecule has 3 heterocycles. The largest absolute Gasteiger partial charge is 0.474 e. The van der Waals surface area contributed by atoms with Gasteiger partial charge in [-0.05, 0) is 36.4 Å². The third-order valence-electron chi connectivity index (χ3n) is 2.30. The fourth-order valence-corrected chi connectivity index (χ4v) is 3.70. The third kappa shape index (κ3) is 1.53. The first-order valence-electron chi connectivity index (χ1n) is 4.94. The van der Waals surface area contributed by atoms with Gasteiger partial charge in [-0.3, -0.25) is 0 Å². The average molecular weight is 229 g/mol. The van der Waals surface area contributed by atoms with Gasteiger partial charge in [0, 0.05) is 0 Å². The van der Waals surface area contributed by atoms with E-state index in [0.717, 1.165) is 16.2 Å². The maximum absolute atomic E-state index is 5.47. The molecule has 0 fully saturated rings. The zero-order valence-corrected chi connectivity index (χ0v) is 9.42. The zero-order chi connectivity index (χ0) is 10.8. The molecule has 3 aromatic rings. The molecule has 3 nitrogen and oxygen atoms in total. The van der Waals surface area contributed by atoms with Gasteiger partial charge in [0.25, 0.3) is 8.80 Å². The minimum Gasteiger partial charge on any atom is -0.474 e. The van der Waals surface area contributed by atoms with Gasteiger partial charge in [0.1, 0.15) is 0 Å². The molecule has 1 radical (unpaired) electrons. The third-order valence-corrected chi connectivity index (χ3v) is 4.63. The second kappa shape index (κ2) is 3.90. The van der Waals surface area contributed by atoms with Crippen LogP contribution in [0.5, 0.6) is 0 Å². The van der Waals surface area contributed by atoms with E-state index >= 15 is 0 Å². The van der Waals surface area contributed by atoms with Gasteiger partial charge in [0.05, 0.1) is 34.9 Å². The lowest BCUT2D eigenvalue weighted by molar-refractivity contribution is 0.577. The lowest BCUT2D eigenvalue weighted by Crippen LogP contribution is -2.50. The summed E-state index contributed by atoms with van der Waals surface area (Å²) in [5.41, 5.74) is 0. The van der Waals surface area contributed by atoms with Crippen LogP contribution in [0.15, 0.2) is 68.4 Å². The van der Waals surface area contributed by atoms with E-state index in [1.54, 1.807) is 18.8 Å². The molecule has 0 unspecified atom stereocenters. The minimum atomic E-state index is -1.25. The van der Waals surface area contributed by atoms with Gasteiger partial charge in [-0.1, -0.05) is 0 Å². The molecule has 0 saturated heterocycles. The van der Waals surface area contributed by atoms with Gasteiger partial charge < -0.3 is 13.3 Å². The Morgan fingerprint density at radius 2 is 1.00 bits per heavy atom. The van der Waals surface area contributed by atoms with Crippen LogP contribution in [0.25, 0.3) is 0 Å². The van der Waals surface area contributed by atoms with Gasteiger partial charge in [0.2, 0.25) is 0 Å². The van der Waals surface area contributed by atoms with E-state index in [1.165, 1.54) is 0 Å². The van der Waals surface area contributed by atoms with Crippen LogP contribution in [0.4, 0.5) is 0 Å². The highest BCUT2D eigenvalue weighted by molar-refractivity contribution is 6.93. The van der Waals surface area contributed by atoms with Crippen molar-refractivity contribution in [2.24, 2.45) is 0 Å². The van der Waals surface area contributed by atoms with Gasteiger partial charge in [0.15, 0.2) is 0 Å². The van der Waals surface area contributed by atoms with Crippen LogP contribution in [0.2, 0.25) is 0 Å². The Kier molecular flexibility index (Phi) is 2.27. The highest BCUT2D eigenvalue weighted by Crippen LogP contribution is 1.96. The molecule has 0 aromatic carbocycles. The Morgan fingerprint density at radius 1 is 0.625 bits per heavy atom. The first-order valence-corrected chi connectivity index (χ1v) is 6.44. The summed E-state index contributed by atoms with van der Waals surface area (Å²) in [7, 11) is -1.25. The van der Waals surface area contributed by atoms with E-state index in [4.69, 9.17) is 13.3 Å². The van der Waals surface area contributed by atoms with Crippen LogP contribution in [0.3, 0.4) is 0 Å². The molecule has 16 heavy (non-hydrogen) atoms. The second-order valence-electron chi connectivity index (χ2n) is 3.31. The maximum Gasteiger partial charge on any atom is 0.293 e. The molecule has 0 aliphatic heterocycles. The van der Waals surface area contributed by atoms with Crippen molar-refractivity contribution < 1.29 is 13.3 Å². The molecule has 0 spiro atoms. The average Bonchev–Trinajstić information content (AvgIpc) is 3.02. The van der Waals surface area contributed by atoms with E-state index in [2.05, 4.69) is 0 Å². The number of hydrogen-bond acceptors (Lipinski definition) is 3. The summed E-state index contributed by atoms with van der Waals surface area (Å²) in [5.74, 6) is 0. The predicted molar refractivity (Wildman–Crippen MR) is 60.8 cm³/mol. The molecule has 3 rings (SSSR count). The minimum absolute atomic E-state index is 0.912. The molecular weight excluding hydrogens is 220 g/mol. The number of hydrogen-bond donors (Lipinski definition) is 0. The van der Waals surface area contributed by atoms with Gasteiger partial charge >= 0.3 is 0 Å². The first kappa shape index (κ1) is 9.29. The van der Waals surface area contributed by atoms with Gasteiger partial charge in [-0.15, -0.1) is 0 Å². The van der Waals surface area contributed by atoms with Crippen molar-refractivity contribution in [2.75, 3.05) is 0 Å². The van der Waals surface area contributed by atoms with Crippen LogP contribution in [0.1, 0.15) is 0 Å². The molecule has 0 amide bonds. The fourth-order valence-electron chi connectivity index (χ4n) is 1.63. The van der Waals surface area contributed by atoms with Crippen LogP contribution in [-0.2, 0) is 0 Å². The molecule has 0 bridgehead atoms. The van der Waals surface area contributed by atoms with Crippen LogP contribution in [0, 0.1) is 0 Å². The van der Waals surface area contributed by atoms with Crippen molar-refractivity contribution in [1.29, 1.82) is 0 Å². The Balaban J connectivity index is 2.09. The van der Waals surface area contributed by atoms with Crippen molar-refractivity contribution in [2.45, 2.75) is 0 Å². The van der Waals surface area contributed by atoms with E-state index in [-0.39, 0.29) is 0 Å². The summed E-state index contributed by atoms with van der Waals surface area (Å²) in [4.78, 5) is 0. The molecule has 79 valence electrons. The molecule has 0 aliphatic carbocycles. The van der Waals surface area contributed by atoms with Crippen molar-refractivity contribution in [3.05, 3.63) is 55.2 Å². The SMILES string of the molecule is c1coc([Si](c2ccco2)c2ccco2)c1.